The van der Waals surface area contributed by atoms with Gasteiger partial charge in [-0.2, -0.15) is 0 Å². The molecule has 1 fully saturated rings. The summed E-state index contributed by atoms with van der Waals surface area (Å²) in [6, 6.07) is 11.0. The van der Waals surface area contributed by atoms with Gasteiger partial charge in [0.1, 0.15) is 0 Å². The molecule has 5 nitrogen and oxygen atoms in total. The molecule has 0 radical (unpaired) electrons. The van der Waals surface area contributed by atoms with Crippen LogP contribution in [0.1, 0.15) is 30.1 Å². The molecule has 1 aliphatic rings. The van der Waals surface area contributed by atoms with Crippen LogP contribution >= 0.6 is 0 Å². The van der Waals surface area contributed by atoms with Crippen molar-refractivity contribution in [2.24, 2.45) is 0 Å². The lowest BCUT2D eigenvalue weighted by atomic mass is 10.2. The zero-order chi connectivity index (χ0) is 16.2. The average Bonchev–Trinajstić information content (AvgIpc) is 3.27. The van der Waals surface area contributed by atoms with Gasteiger partial charge in [0.25, 0.3) is 5.91 Å². The highest BCUT2D eigenvalue weighted by Gasteiger charge is 2.26. The molecular weight excluding hydrogens is 292 g/mol. The smallest absolute Gasteiger partial charge is 0.338 e. The van der Waals surface area contributed by atoms with Crippen molar-refractivity contribution >= 4 is 11.9 Å². The number of benzene rings is 1. The molecule has 1 aliphatic heterocycles. The monoisotopic (exact) mass is 312 g/mol. The summed E-state index contributed by atoms with van der Waals surface area (Å²) < 4.78 is 7.26. The molecular formula is C18H20N2O3. The Balaban J connectivity index is 1.68. The van der Waals surface area contributed by atoms with E-state index in [4.69, 9.17) is 4.74 Å². The van der Waals surface area contributed by atoms with Gasteiger partial charge in [-0.3, -0.25) is 4.79 Å². The van der Waals surface area contributed by atoms with E-state index in [0.29, 0.717) is 5.56 Å². The Bertz CT molecular complexity index is 688. The number of hydrogen-bond acceptors (Lipinski definition) is 3. The van der Waals surface area contributed by atoms with Gasteiger partial charge in [0, 0.05) is 31.2 Å². The quantitative estimate of drug-likeness (QED) is 0.816. The summed E-state index contributed by atoms with van der Waals surface area (Å²) in [7, 11) is 0. The number of esters is 1. The number of hydrogen-bond donors (Lipinski definition) is 0. The highest BCUT2D eigenvalue weighted by molar-refractivity contribution is 5.92. The Labute approximate surface area is 135 Å². The first-order chi connectivity index (χ1) is 11.1. The zero-order valence-corrected chi connectivity index (χ0v) is 13.1. The molecule has 0 bridgehead atoms. The Morgan fingerprint density at radius 2 is 1.78 bits per heavy atom. The van der Waals surface area contributed by atoms with Crippen LogP contribution in [0.25, 0.3) is 5.69 Å². The second kappa shape index (κ2) is 6.69. The fourth-order valence-corrected chi connectivity index (χ4v) is 2.77. The second-order valence-corrected chi connectivity index (χ2v) is 5.72. The number of likely N-dealkylation sites (tertiary alicyclic amines) is 1. The van der Waals surface area contributed by atoms with E-state index in [1.165, 1.54) is 0 Å². The van der Waals surface area contributed by atoms with E-state index in [1.54, 1.807) is 30.0 Å². The molecule has 0 saturated carbocycles. The van der Waals surface area contributed by atoms with Crippen LogP contribution in [0.5, 0.6) is 0 Å². The van der Waals surface area contributed by atoms with Gasteiger partial charge >= 0.3 is 5.97 Å². The van der Waals surface area contributed by atoms with Crippen LogP contribution in [-0.2, 0) is 9.53 Å². The van der Waals surface area contributed by atoms with Crippen LogP contribution in [0, 0.1) is 0 Å². The van der Waals surface area contributed by atoms with Crippen LogP contribution in [0.15, 0.2) is 48.8 Å². The molecule has 23 heavy (non-hydrogen) atoms. The predicted molar refractivity (Wildman–Crippen MR) is 86.5 cm³/mol. The van der Waals surface area contributed by atoms with Gasteiger partial charge < -0.3 is 14.2 Å². The second-order valence-electron chi connectivity index (χ2n) is 5.72. The van der Waals surface area contributed by atoms with Gasteiger partial charge in [-0.25, -0.2) is 4.79 Å². The molecule has 0 aliphatic carbocycles. The van der Waals surface area contributed by atoms with Crippen molar-refractivity contribution in [2.75, 3.05) is 13.1 Å². The maximum atomic E-state index is 12.3. The lowest BCUT2D eigenvalue weighted by Gasteiger charge is -2.20. The summed E-state index contributed by atoms with van der Waals surface area (Å²) in [4.78, 5) is 26.3. The topological polar surface area (TPSA) is 51.5 Å². The number of nitrogens with zero attached hydrogens (tertiary/aromatic N) is 2. The first-order valence-corrected chi connectivity index (χ1v) is 7.88. The van der Waals surface area contributed by atoms with Crippen molar-refractivity contribution in [3.05, 3.63) is 54.4 Å². The normalized spacial score (nSPS) is 15.4. The van der Waals surface area contributed by atoms with E-state index < -0.39 is 12.1 Å². The van der Waals surface area contributed by atoms with Crippen LogP contribution in [0.4, 0.5) is 0 Å². The fourth-order valence-electron chi connectivity index (χ4n) is 2.77. The Kier molecular flexibility index (Phi) is 4.46. The minimum atomic E-state index is -0.754. The van der Waals surface area contributed by atoms with Crippen molar-refractivity contribution in [2.45, 2.75) is 25.9 Å². The van der Waals surface area contributed by atoms with Gasteiger partial charge in [0.05, 0.1) is 5.56 Å². The Morgan fingerprint density at radius 1 is 1.09 bits per heavy atom. The molecule has 120 valence electrons. The summed E-state index contributed by atoms with van der Waals surface area (Å²) in [5, 5.41) is 0. The maximum Gasteiger partial charge on any atom is 0.338 e. The summed E-state index contributed by atoms with van der Waals surface area (Å²) in [5.74, 6) is -0.587. The van der Waals surface area contributed by atoms with Gasteiger partial charge in [-0.15, -0.1) is 0 Å². The van der Waals surface area contributed by atoms with Gasteiger partial charge in [-0.05, 0) is 50.1 Å². The summed E-state index contributed by atoms with van der Waals surface area (Å²) in [5.41, 5.74) is 1.32. The molecule has 0 spiro atoms. The number of carbonyl (C=O) groups is 2. The van der Waals surface area contributed by atoms with Gasteiger partial charge in [0.15, 0.2) is 6.10 Å². The fraction of sp³-hybridized carbons (Fsp3) is 0.333. The standard InChI is InChI=1S/C18H20N2O3/c1-14(17(21)20-11-4-5-12-20)23-18(22)15-7-6-8-16(13-15)19-9-2-3-10-19/h2-3,6-10,13-14H,4-5,11-12H2,1H3/t14-/m1/s1. The first-order valence-electron chi connectivity index (χ1n) is 7.88. The van der Waals surface area contributed by atoms with Crippen molar-refractivity contribution in [3.8, 4) is 5.69 Å². The van der Waals surface area contributed by atoms with E-state index in [9.17, 15) is 9.59 Å². The minimum absolute atomic E-state index is 0.114. The third-order valence-electron chi connectivity index (χ3n) is 4.03. The number of carbonyl (C=O) groups excluding carboxylic acids is 2. The summed E-state index contributed by atoms with van der Waals surface area (Å²) in [6.07, 6.45) is 5.10. The maximum absolute atomic E-state index is 12.3. The van der Waals surface area contributed by atoms with Gasteiger partial charge in [-0.1, -0.05) is 6.07 Å². The predicted octanol–water partition coefficient (Wildman–Crippen LogP) is 2.65. The molecule has 2 heterocycles. The molecule has 0 N–H and O–H groups in total. The molecule has 1 atom stereocenters. The number of aromatic nitrogens is 1. The molecule has 1 amide bonds. The Morgan fingerprint density at radius 3 is 2.48 bits per heavy atom. The molecule has 1 aromatic heterocycles. The van der Waals surface area contributed by atoms with E-state index >= 15 is 0 Å². The van der Waals surface area contributed by atoms with E-state index in [-0.39, 0.29) is 5.91 Å². The molecule has 5 heteroatoms. The molecule has 1 aromatic carbocycles. The largest absolute Gasteiger partial charge is 0.449 e. The van der Waals surface area contributed by atoms with Crippen LogP contribution < -0.4 is 0 Å². The summed E-state index contributed by atoms with van der Waals surface area (Å²) in [6.45, 7) is 3.14. The highest BCUT2D eigenvalue weighted by atomic mass is 16.5. The number of amides is 1. The molecule has 2 aromatic rings. The lowest BCUT2D eigenvalue weighted by Crippen LogP contribution is -2.38. The van der Waals surface area contributed by atoms with Crippen LogP contribution in [0.2, 0.25) is 0 Å². The molecule has 1 saturated heterocycles. The number of rotatable bonds is 4. The van der Waals surface area contributed by atoms with Crippen molar-refractivity contribution in [1.82, 2.24) is 9.47 Å². The highest BCUT2D eigenvalue weighted by Crippen LogP contribution is 2.14. The van der Waals surface area contributed by atoms with Gasteiger partial charge in [0.2, 0.25) is 0 Å². The minimum Gasteiger partial charge on any atom is -0.449 e. The molecule has 0 unspecified atom stereocenters. The third-order valence-corrected chi connectivity index (χ3v) is 4.03. The van der Waals surface area contributed by atoms with Crippen LogP contribution in [0.3, 0.4) is 0 Å². The third kappa shape index (κ3) is 3.44. The Hall–Kier alpha value is -2.56. The van der Waals surface area contributed by atoms with E-state index in [2.05, 4.69) is 0 Å². The van der Waals surface area contributed by atoms with Crippen molar-refractivity contribution < 1.29 is 14.3 Å². The van der Waals surface area contributed by atoms with E-state index in [0.717, 1.165) is 31.6 Å². The average molecular weight is 312 g/mol. The van der Waals surface area contributed by atoms with Crippen molar-refractivity contribution in [1.29, 1.82) is 0 Å². The first kappa shape index (κ1) is 15.3. The number of ether oxygens (including phenoxy) is 1. The summed E-state index contributed by atoms with van der Waals surface area (Å²) >= 11 is 0. The molecule has 3 rings (SSSR count). The van der Waals surface area contributed by atoms with E-state index in [1.807, 2.05) is 35.2 Å². The SMILES string of the molecule is C[C@@H](OC(=O)c1cccc(-n2cccc2)c1)C(=O)N1CCCC1. The zero-order valence-electron chi connectivity index (χ0n) is 13.1. The van der Waals surface area contributed by atoms with Crippen LogP contribution in [-0.4, -0.2) is 40.5 Å². The lowest BCUT2D eigenvalue weighted by molar-refractivity contribution is -0.138. The van der Waals surface area contributed by atoms with Crippen molar-refractivity contribution in [3.63, 3.8) is 0 Å².